The third-order valence-electron chi connectivity index (χ3n) is 4.94. The lowest BCUT2D eigenvalue weighted by atomic mass is 10.2. The number of hydrogen-bond acceptors (Lipinski definition) is 6. The number of aromatic nitrogens is 4. The molecule has 0 radical (unpaired) electrons. The monoisotopic (exact) mass is 469 g/mol. The fraction of sp³-hybridized carbons (Fsp3) is 0.304. The van der Waals surface area contributed by atoms with Gasteiger partial charge in [-0.3, -0.25) is 18.6 Å². The molecule has 0 saturated heterocycles. The average molecular weight is 470 g/mol. The van der Waals surface area contributed by atoms with Crippen LogP contribution in [0.1, 0.15) is 20.3 Å². The summed E-state index contributed by atoms with van der Waals surface area (Å²) in [7, 11) is 0. The predicted octanol–water partition coefficient (Wildman–Crippen LogP) is 3.73. The Bertz CT molecular complexity index is 1350. The van der Waals surface area contributed by atoms with Gasteiger partial charge >= 0.3 is 0 Å². The smallest absolute Gasteiger partial charge is 0.262 e. The third-order valence-corrected chi connectivity index (χ3v) is 5.86. The summed E-state index contributed by atoms with van der Waals surface area (Å²) in [5, 5.41) is 12.0. The minimum atomic E-state index is -0.500. The van der Waals surface area contributed by atoms with Gasteiger partial charge in [0.15, 0.2) is 5.16 Å². The molecule has 0 aliphatic carbocycles. The van der Waals surface area contributed by atoms with Gasteiger partial charge in [0.05, 0.1) is 28.4 Å². The Morgan fingerprint density at radius 1 is 1.15 bits per heavy atom. The van der Waals surface area contributed by atoms with Crippen molar-refractivity contribution in [1.82, 2.24) is 19.2 Å². The molecule has 0 atom stereocenters. The zero-order valence-electron chi connectivity index (χ0n) is 18.3. The minimum Gasteiger partial charge on any atom is -0.379 e. The Hall–Kier alpha value is -3.24. The van der Waals surface area contributed by atoms with Crippen LogP contribution in [0.25, 0.3) is 16.7 Å². The van der Waals surface area contributed by atoms with Gasteiger partial charge < -0.3 is 10.1 Å². The van der Waals surface area contributed by atoms with Crippen LogP contribution in [0.15, 0.2) is 58.5 Å². The highest BCUT2D eigenvalue weighted by Gasteiger charge is 2.18. The summed E-state index contributed by atoms with van der Waals surface area (Å²) in [4.78, 5) is 25.5. The van der Waals surface area contributed by atoms with E-state index in [1.807, 2.05) is 26.0 Å². The van der Waals surface area contributed by atoms with Crippen LogP contribution in [0, 0.1) is 5.82 Å². The quantitative estimate of drug-likeness (QED) is 0.297. The van der Waals surface area contributed by atoms with E-state index in [1.165, 1.54) is 23.9 Å². The van der Waals surface area contributed by atoms with Gasteiger partial charge in [-0.25, -0.2) is 4.39 Å². The molecular weight excluding hydrogens is 445 g/mol. The van der Waals surface area contributed by atoms with Gasteiger partial charge in [0, 0.05) is 13.2 Å². The van der Waals surface area contributed by atoms with Gasteiger partial charge in [0.2, 0.25) is 11.7 Å². The molecule has 0 aliphatic rings. The van der Waals surface area contributed by atoms with Gasteiger partial charge in [-0.15, -0.1) is 10.2 Å². The van der Waals surface area contributed by atoms with Crippen LogP contribution in [0.2, 0.25) is 0 Å². The van der Waals surface area contributed by atoms with Gasteiger partial charge in [-0.1, -0.05) is 36.0 Å². The van der Waals surface area contributed by atoms with E-state index in [-0.39, 0.29) is 29.0 Å². The van der Waals surface area contributed by atoms with Crippen molar-refractivity contribution >= 4 is 40.0 Å². The number of thioether (sulfide) groups is 1. The SMILES string of the molecule is CC(C)OCCCn1c(=O)c2ccccc2n2c(SCC(=O)Nc3ccccc3F)nnc12. The van der Waals surface area contributed by atoms with E-state index >= 15 is 0 Å². The molecular formula is C23H24FN5O3S. The number of fused-ring (bicyclic) bond motifs is 3. The number of amides is 1. The predicted molar refractivity (Wildman–Crippen MR) is 126 cm³/mol. The molecule has 0 aliphatic heterocycles. The molecule has 4 aromatic rings. The summed E-state index contributed by atoms with van der Waals surface area (Å²) < 4.78 is 22.8. The van der Waals surface area contributed by atoms with Crippen LogP contribution in [-0.2, 0) is 16.1 Å². The molecule has 8 nitrogen and oxygen atoms in total. The standard InChI is InChI=1S/C23H24FN5O3S/c1-15(2)32-13-7-12-28-21(31)16-8-3-6-11-19(16)29-22(28)26-27-23(29)33-14-20(30)25-18-10-5-4-9-17(18)24/h3-6,8-11,15H,7,12-14H2,1-2H3,(H,25,30). The molecule has 2 aromatic heterocycles. The van der Waals surface area contributed by atoms with Gasteiger partial charge in [0.1, 0.15) is 5.82 Å². The molecule has 2 heterocycles. The van der Waals surface area contributed by atoms with Crippen molar-refractivity contribution in [3.05, 3.63) is 64.7 Å². The van der Waals surface area contributed by atoms with E-state index in [0.717, 1.165) is 0 Å². The summed E-state index contributed by atoms with van der Waals surface area (Å²) in [6.07, 6.45) is 0.761. The molecule has 0 saturated carbocycles. The Balaban J connectivity index is 1.61. The lowest BCUT2D eigenvalue weighted by molar-refractivity contribution is -0.113. The number of carbonyl (C=O) groups excluding carboxylic acids is 1. The number of anilines is 1. The molecule has 0 fully saturated rings. The maximum Gasteiger partial charge on any atom is 0.262 e. The summed E-state index contributed by atoms with van der Waals surface area (Å²) in [6.45, 7) is 4.88. The molecule has 1 N–H and O–H groups in total. The first-order chi connectivity index (χ1) is 16.0. The molecule has 1 amide bonds. The van der Waals surface area contributed by atoms with E-state index in [0.29, 0.717) is 41.4 Å². The topological polar surface area (TPSA) is 90.5 Å². The Morgan fingerprint density at radius 3 is 2.70 bits per heavy atom. The van der Waals surface area contributed by atoms with Gasteiger partial charge in [-0.05, 0) is 44.5 Å². The molecule has 172 valence electrons. The largest absolute Gasteiger partial charge is 0.379 e. The zero-order chi connectivity index (χ0) is 23.4. The van der Waals surface area contributed by atoms with E-state index < -0.39 is 5.82 Å². The van der Waals surface area contributed by atoms with Gasteiger partial charge in [0.25, 0.3) is 5.56 Å². The molecule has 0 bridgehead atoms. The lowest BCUT2D eigenvalue weighted by Crippen LogP contribution is -2.24. The van der Waals surface area contributed by atoms with E-state index in [4.69, 9.17) is 4.74 Å². The van der Waals surface area contributed by atoms with Crippen molar-refractivity contribution in [2.45, 2.75) is 38.1 Å². The highest BCUT2D eigenvalue weighted by atomic mass is 32.2. The first kappa shape index (κ1) is 22.9. The fourth-order valence-electron chi connectivity index (χ4n) is 3.45. The highest BCUT2D eigenvalue weighted by Crippen LogP contribution is 2.22. The maximum atomic E-state index is 13.8. The number of rotatable bonds is 9. The number of nitrogens with zero attached hydrogens (tertiary/aromatic N) is 4. The number of aryl methyl sites for hydroxylation is 1. The molecule has 4 rings (SSSR count). The van der Waals surface area contributed by atoms with Crippen molar-refractivity contribution < 1.29 is 13.9 Å². The average Bonchev–Trinajstić information content (AvgIpc) is 3.22. The van der Waals surface area contributed by atoms with Crippen LogP contribution in [0.5, 0.6) is 0 Å². The fourth-order valence-corrected chi connectivity index (χ4v) is 4.19. The number of halogens is 1. The van der Waals surface area contributed by atoms with Crippen LogP contribution >= 0.6 is 11.8 Å². The normalized spacial score (nSPS) is 11.5. The zero-order valence-corrected chi connectivity index (χ0v) is 19.1. The first-order valence-corrected chi connectivity index (χ1v) is 11.6. The van der Waals surface area contributed by atoms with Crippen LogP contribution in [-0.4, -0.2) is 43.5 Å². The Morgan fingerprint density at radius 2 is 1.91 bits per heavy atom. The highest BCUT2D eigenvalue weighted by molar-refractivity contribution is 7.99. The molecule has 0 unspecified atom stereocenters. The first-order valence-electron chi connectivity index (χ1n) is 10.6. The number of ether oxygens (including phenoxy) is 1. The number of carbonyl (C=O) groups is 1. The number of hydrogen-bond donors (Lipinski definition) is 1. The Kier molecular flexibility index (Phi) is 7.05. The number of nitrogens with one attached hydrogen (secondary N) is 1. The summed E-state index contributed by atoms with van der Waals surface area (Å²) in [5.74, 6) is -0.462. The van der Waals surface area contributed by atoms with Crippen molar-refractivity contribution in [2.24, 2.45) is 0 Å². The van der Waals surface area contributed by atoms with Crippen molar-refractivity contribution in [2.75, 3.05) is 17.7 Å². The summed E-state index contributed by atoms with van der Waals surface area (Å²) in [6, 6.07) is 13.2. The van der Waals surface area contributed by atoms with Crippen molar-refractivity contribution in [3.8, 4) is 0 Å². The van der Waals surface area contributed by atoms with Crippen LogP contribution in [0.3, 0.4) is 0 Å². The van der Waals surface area contributed by atoms with Crippen LogP contribution < -0.4 is 10.9 Å². The van der Waals surface area contributed by atoms with Crippen LogP contribution in [0.4, 0.5) is 10.1 Å². The molecule has 2 aromatic carbocycles. The van der Waals surface area contributed by atoms with Crippen molar-refractivity contribution in [3.63, 3.8) is 0 Å². The van der Waals surface area contributed by atoms with Crippen molar-refractivity contribution in [1.29, 1.82) is 0 Å². The number of para-hydroxylation sites is 2. The summed E-state index contributed by atoms with van der Waals surface area (Å²) in [5.41, 5.74) is 0.634. The second-order valence-corrected chi connectivity index (χ2v) is 8.62. The molecule has 10 heteroatoms. The minimum absolute atomic E-state index is 0.00477. The van der Waals surface area contributed by atoms with E-state index in [1.54, 1.807) is 33.2 Å². The third kappa shape index (κ3) is 5.07. The lowest BCUT2D eigenvalue weighted by Gasteiger charge is -2.12. The number of benzene rings is 2. The molecule has 0 spiro atoms. The van der Waals surface area contributed by atoms with E-state index in [9.17, 15) is 14.0 Å². The summed E-state index contributed by atoms with van der Waals surface area (Å²) >= 11 is 1.17. The molecule has 33 heavy (non-hydrogen) atoms. The Labute approximate surface area is 193 Å². The second kappa shape index (κ2) is 10.1. The van der Waals surface area contributed by atoms with Gasteiger partial charge in [-0.2, -0.15) is 0 Å². The maximum absolute atomic E-state index is 13.8. The van der Waals surface area contributed by atoms with E-state index in [2.05, 4.69) is 15.5 Å². The second-order valence-electron chi connectivity index (χ2n) is 7.68.